The number of piperazine rings is 1. The van der Waals surface area contributed by atoms with Crippen molar-refractivity contribution < 1.29 is 14.4 Å². The summed E-state index contributed by atoms with van der Waals surface area (Å²) >= 11 is 0. The summed E-state index contributed by atoms with van der Waals surface area (Å²) in [5, 5.41) is 0. The number of likely N-dealkylation sites (tertiary alicyclic amines) is 1. The minimum Gasteiger partial charge on any atom is -0.343 e. The zero-order valence-electron chi connectivity index (χ0n) is 14.4. The number of carbonyl (C=O) groups is 3. The first-order valence-electron chi connectivity index (χ1n) is 8.66. The minimum atomic E-state index is -0.144. The normalized spacial score (nSPS) is 19.0. The molecule has 0 aliphatic carbocycles. The quantitative estimate of drug-likeness (QED) is 0.754. The minimum absolute atomic E-state index is 0.0159. The van der Waals surface area contributed by atoms with E-state index in [1.54, 1.807) is 16.7 Å². The molecule has 134 valence electrons. The number of hydrogen-bond acceptors (Lipinski definition) is 5. The van der Waals surface area contributed by atoms with Crippen LogP contribution in [0.15, 0.2) is 18.6 Å². The number of aromatic nitrogens is 2. The molecule has 0 atom stereocenters. The van der Waals surface area contributed by atoms with E-state index < -0.39 is 0 Å². The largest absolute Gasteiger partial charge is 0.343 e. The van der Waals surface area contributed by atoms with Crippen LogP contribution in [0.5, 0.6) is 0 Å². The van der Waals surface area contributed by atoms with Gasteiger partial charge in [0.25, 0.3) is 5.91 Å². The standard InChI is InChI=1S/C17H23N5O3/c1-13(23)20-6-2-14(3-7-20)16(24)21-8-10-22(11-9-21)17(25)15-12-18-4-5-19-15/h4-5,12,14H,2-3,6-11H2,1H3. The van der Waals surface area contributed by atoms with Crippen molar-refractivity contribution in [2.24, 2.45) is 5.92 Å². The molecule has 2 fully saturated rings. The van der Waals surface area contributed by atoms with Gasteiger partial charge in [-0.3, -0.25) is 19.4 Å². The molecular weight excluding hydrogens is 322 g/mol. The highest BCUT2D eigenvalue weighted by Gasteiger charge is 2.32. The Labute approximate surface area is 146 Å². The van der Waals surface area contributed by atoms with E-state index in [4.69, 9.17) is 0 Å². The number of rotatable bonds is 2. The smallest absolute Gasteiger partial charge is 0.274 e. The molecule has 3 amide bonds. The number of piperidine rings is 1. The van der Waals surface area contributed by atoms with Crippen molar-refractivity contribution in [3.63, 3.8) is 0 Å². The number of nitrogens with zero attached hydrogens (tertiary/aromatic N) is 5. The highest BCUT2D eigenvalue weighted by Crippen LogP contribution is 2.20. The molecule has 0 bridgehead atoms. The van der Waals surface area contributed by atoms with Gasteiger partial charge in [0.1, 0.15) is 5.69 Å². The van der Waals surface area contributed by atoms with Crippen molar-refractivity contribution in [2.45, 2.75) is 19.8 Å². The van der Waals surface area contributed by atoms with Crippen molar-refractivity contribution in [1.82, 2.24) is 24.7 Å². The lowest BCUT2D eigenvalue weighted by molar-refractivity contribution is -0.141. The van der Waals surface area contributed by atoms with E-state index >= 15 is 0 Å². The lowest BCUT2D eigenvalue weighted by Crippen LogP contribution is -2.53. The van der Waals surface area contributed by atoms with Gasteiger partial charge < -0.3 is 14.7 Å². The van der Waals surface area contributed by atoms with Crippen LogP contribution in [-0.2, 0) is 9.59 Å². The van der Waals surface area contributed by atoms with Crippen molar-refractivity contribution in [3.8, 4) is 0 Å². The molecule has 0 N–H and O–H groups in total. The summed E-state index contributed by atoms with van der Waals surface area (Å²) in [7, 11) is 0. The summed E-state index contributed by atoms with van der Waals surface area (Å²) in [6.07, 6.45) is 5.93. The maximum absolute atomic E-state index is 12.7. The summed E-state index contributed by atoms with van der Waals surface area (Å²) in [6.45, 7) is 4.96. The first-order valence-corrected chi connectivity index (χ1v) is 8.66. The van der Waals surface area contributed by atoms with Crippen molar-refractivity contribution >= 4 is 17.7 Å². The average Bonchev–Trinajstić information content (AvgIpc) is 2.67. The predicted molar refractivity (Wildman–Crippen MR) is 89.5 cm³/mol. The second-order valence-electron chi connectivity index (χ2n) is 6.49. The summed E-state index contributed by atoms with van der Waals surface area (Å²) < 4.78 is 0. The van der Waals surface area contributed by atoms with Gasteiger partial charge >= 0.3 is 0 Å². The lowest BCUT2D eigenvalue weighted by Gasteiger charge is -2.38. The topological polar surface area (TPSA) is 86.7 Å². The lowest BCUT2D eigenvalue weighted by atomic mass is 9.95. The van der Waals surface area contributed by atoms with E-state index in [0.717, 1.165) is 12.8 Å². The van der Waals surface area contributed by atoms with E-state index in [1.807, 2.05) is 4.90 Å². The van der Waals surface area contributed by atoms with Crippen molar-refractivity contribution in [1.29, 1.82) is 0 Å². The van der Waals surface area contributed by atoms with Crippen LogP contribution >= 0.6 is 0 Å². The molecule has 1 aromatic rings. The van der Waals surface area contributed by atoms with Crippen molar-refractivity contribution in [2.75, 3.05) is 39.3 Å². The molecule has 25 heavy (non-hydrogen) atoms. The Morgan fingerprint density at radius 3 is 2.12 bits per heavy atom. The zero-order valence-corrected chi connectivity index (χ0v) is 14.4. The zero-order chi connectivity index (χ0) is 17.8. The van der Waals surface area contributed by atoms with Gasteiger partial charge in [0.05, 0.1) is 6.20 Å². The predicted octanol–water partition coefficient (Wildman–Crippen LogP) is 0.0195. The molecular formula is C17H23N5O3. The number of amides is 3. The average molecular weight is 345 g/mol. The molecule has 2 saturated heterocycles. The Morgan fingerprint density at radius 2 is 1.56 bits per heavy atom. The first-order chi connectivity index (χ1) is 12.1. The van der Waals surface area contributed by atoms with Crippen LogP contribution in [0, 0.1) is 5.92 Å². The Balaban J connectivity index is 1.50. The van der Waals surface area contributed by atoms with Gasteiger partial charge in [-0.1, -0.05) is 0 Å². The fourth-order valence-corrected chi connectivity index (χ4v) is 3.40. The van der Waals surface area contributed by atoms with E-state index in [0.29, 0.717) is 45.0 Å². The molecule has 2 aliphatic heterocycles. The van der Waals surface area contributed by atoms with Crippen molar-refractivity contribution in [3.05, 3.63) is 24.3 Å². The maximum Gasteiger partial charge on any atom is 0.274 e. The molecule has 3 heterocycles. The Bertz CT molecular complexity index is 635. The maximum atomic E-state index is 12.7. The number of carbonyl (C=O) groups excluding carboxylic acids is 3. The van der Waals surface area contributed by atoms with Crippen LogP contribution in [0.1, 0.15) is 30.3 Å². The summed E-state index contributed by atoms with van der Waals surface area (Å²) in [4.78, 5) is 49.7. The molecule has 2 aliphatic rings. The molecule has 0 aromatic carbocycles. The molecule has 1 aromatic heterocycles. The van der Waals surface area contributed by atoms with E-state index in [-0.39, 0.29) is 23.6 Å². The molecule has 0 spiro atoms. The van der Waals surface area contributed by atoms with Crippen LogP contribution in [0.2, 0.25) is 0 Å². The van der Waals surface area contributed by atoms with Crippen LogP contribution in [0.4, 0.5) is 0 Å². The fraction of sp³-hybridized carbons (Fsp3) is 0.588. The Hall–Kier alpha value is -2.51. The van der Waals surface area contributed by atoms with Gasteiger partial charge in [-0.2, -0.15) is 0 Å². The van der Waals surface area contributed by atoms with Gasteiger partial charge in [-0.15, -0.1) is 0 Å². The Morgan fingerprint density at radius 1 is 0.920 bits per heavy atom. The molecule has 3 rings (SSSR count). The third kappa shape index (κ3) is 3.94. The number of hydrogen-bond donors (Lipinski definition) is 0. The highest BCUT2D eigenvalue weighted by atomic mass is 16.2. The third-order valence-electron chi connectivity index (χ3n) is 4.95. The van der Waals surface area contributed by atoms with E-state index in [2.05, 4.69) is 9.97 Å². The second-order valence-corrected chi connectivity index (χ2v) is 6.49. The summed E-state index contributed by atoms with van der Waals surface area (Å²) in [5.74, 6) is 0.0599. The molecule has 8 nitrogen and oxygen atoms in total. The van der Waals surface area contributed by atoms with Gasteiger partial charge in [0.2, 0.25) is 11.8 Å². The second kappa shape index (κ2) is 7.58. The van der Waals surface area contributed by atoms with Crippen LogP contribution in [0.25, 0.3) is 0 Å². The monoisotopic (exact) mass is 345 g/mol. The third-order valence-corrected chi connectivity index (χ3v) is 4.95. The summed E-state index contributed by atoms with van der Waals surface area (Å²) in [6, 6.07) is 0. The van der Waals surface area contributed by atoms with Gasteiger partial charge in [0.15, 0.2) is 0 Å². The molecule has 0 unspecified atom stereocenters. The van der Waals surface area contributed by atoms with Gasteiger partial charge in [-0.25, -0.2) is 4.98 Å². The van der Waals surface area contributed by atoms with E-state index in [1.165, 1.54) is 18.6 Å². The summed E-state index contributed by atoms with van der Waals surface area (Å²) in [5.41, 5.74) is 0.332. The molecule has 0 saturated carbocycles. The Kier molecular flexibility index (Phi) is 5.25. The fourth-order valence-electron chi connectivity index (χ4n) is 3.40. The van der Waals surface area contributed by atoms with E-state index in [9.17, 15) is 14.4 Å². The van der Waals surface area contributed by atoms with Gasteiger partial charge in [0, 0.05) is 64.5 Å². The SMILES string of the molecule is CC(=O)N1CCC(C(=O)N2CCN(C(=O)c3cnccn3)CC2)CC1. The first kappa shape index (κ1) is 17.3. The van der Waals surface area contributed by atoms with Crippen LogP contribution in [-0.4, -0.2) is 81.7 Å². The van der Waals surface area contributed by atoms with Crippen LogP contribution < -0.4 is 0 Å². The van der Waals surface area contributed by atoms with Crippen LogP contribution in [0.3, 0.4) is 0 Å². The van der Waals surface area contributed by atoms with Gasteiger partial charge in [-0.05, 0) is 12.8 Å². The highest BCUT2D eigenvalue weighted by molar-refractivity contribution is 5.92. The molecule has 8 heteroatoms. The molecule has 0 radical (unpaired) electrons.